The standard InChI is InChI=1S/C25H19N7O8S/c1-31-15-8-11(2-7-17(15)39-24(31)38)10-27-21(35)16-9-14(28-23-30-40-25(41)32(16)23)20(34)29-18(19(26)33)12-3-5-13(6-4-12)22(36)37/h2-9,18H,10H2,1H3,(H2,26,33)(H,27,35)(H,29,34)(H,36,37)/t18-/m1/s1. The van der Waals surface area contributed by atoms with Crippen molar-refractivity contribution in [3.63, 3.8) is 0 Å². The van der Waals surface area contributed by atoms with Gasteiger partial charge in [-0.2, -0.15) is 0 Å². The molecule has 0 radical (unpaired) electrons. The fourth-order valence-corrected chi connectivity index (χ4v) is 4.25. The number of primary amides is 1. The van der Waals surface area contributed by atoms with Crippen LogP contribution in [0.2, 0.25) is 0 Å². The molecule has 41 heavy (non-hydrogen) atoms. The van der Waals surface area contributed by atoms with Gasteiger partial charge in [-0.25, -0.2) is 19.0 Å². The van der Waals surface area contributed by atoms with Gasteiger partial charge in [0, 0.05) is 13.6 Å². The molecule has 0 unspecified atom stereocenters. The minimum Gasteiger partial charge on any atom is -0.478 e. The van der Waals surface area contributed by atoms with Crippen molar-refractivity contribution in [3.05, 3.63) is 92.0 Å². The molecule has 0 saturated carbocycles. The van der Waals surface area contributed by atoms with E-state index in [0.29, 0.717) is 16.7 Å². The fourth-order valence-electron chi connectivity index (χ4n) is 4.03. The van der Waals surface area contributed by atoms with Crippen LogP contribution in [0.5, 0.6) is 0 Å². The Morgan fingerprint density at radius 1 is 1.10 bits per heavy atom. The lowest BCUT2D eigenvalue weighted by atomic mass is 10.0. The number of oxazole rings is 1. The second-order valence-corrected chi connectivity index (χ2v) is 9.11. The molecule has 16 heteroatoms. The molecule has 208 valence electrons. The van der Waals surface area contributed by atoms with Crippen molar-refractivity contribution < 1.29 is 33.2 Å². The maximum absolute atomic E-state index is 13.2. The minimum absolute atomic E-state index is 0.0254. The number of carbonyl (C=O) groups is 4. The Morgan fingerprint density at radius 2 is 1.83 bits per heavy atom. The maximum atomic E-state index is 13.2. The van der Waals surface area contributed by atoms with E-state index < -0.39 is 35.5 Å². The van der Waals surface area contributed by atoms with E-state index in [1.807, 2.05) is 0 Å². The van der Waals surface area contributed by atoms with Crippen LogP contribution in [0.4, 0.5) is 0 Å². The normalized spacial score (nSPS) is 11.8. The first-order valence-electron chi connectivity index (χ1n) is 11.7. The zero-order chi connectivity index (χ0) is 29.4. The van der Waals surface area contributed by atoms with E-state index in [1.165, 1.54) is 28.8 Å². The van der Waals surface area contributed by atoms with Crippen molar-refractivity contribution in [2.24, 2.45) is 12.8 Å². The SMILES string of the molecule is Cn1c(=O)oc2ccc(CNC(=O)c3cc(C(=O)N[C@@H](C(N)=O)c4ccc(C(=O)O)cc4)nc4noc(=S)n34)cc21. The summed E-state index contributed by atoms with van der Waals surface area (Å²) in [4.78, 5) is 65.3. The zero-order valence-electron chi connectivity index (χ0n) is 21.0. The van der Waals surface area contributed by atoms with Crippen LogP contribution in [0, 0.1) is 4.84 Å². The summed E-state index contributed by atoms with van der Waals surface area (Å²) >= 11 is 5.11. The molecule has 3 aromatic heterocycles. The van der Waals surface area contributed by atoms with Crippen LogP contribution in [0.3, 0.4) is 0 Å². The van der Waals surface area contributed by atoms with Gasteiger partial charge in [0.2, 0.25) is 5.91 Å². The first-order valence-corrected chi connectivity index (χ1v) is 12.1. The number of nitrogens with two attached hydrogens (primary N) is 1. The first-order chi connectivity index (χ1) is 19.5. The highest BCUT2D eigenvalue weighted by Crippen LogP contribution is 2.17. The Morgan fingerprint density at radius 3 is 2.51 bits per heavy atom. The lowest BCUT2D eigenvalue weighted by molar-refractivity contribution is -0.120. The number of hydrogen-bond donors (Lipinski definition) is 4. The quantitative estimate of drug-likeness (QED) is 0.191. The predicted molar refractivity (Wildman–Crippen MR) is 142 cm³/mol. The van der Waals surface area contributed by atoms with Crippen LogP contribution >= 0.6 is 12.2 Å². The smallest absolute Gasteiger partial charge is 0.419 e. The molecule has 5 N–H and O–H groups in total. The van der Waals surface area contributed by atoms with Gasteiger partial charge in [0.25, 0.3) is 17.6 Å². The molecule has 2 aromatic carbocycles. The van der Waals surface area contributed by atoms with Crippen molar-refractivity contribution in [1.29, 1.82) is 0 Å². The molecule has 0 aliphatic rings. The van der Waals surface area contributed by atoms with Crippen LogP contribution in [0.1, 0.15) is 48.5 Å². The third kappa shape index (κ3) is 5.18. The fraction of sp³-hybridized carbons (Fsp3) is 0.120. The van der Waals surface area contributed by atoms with Gasteiger partial charge in [-0.1, -0.05) is 18.2 Å². The highest BCUT2D eigenvalue weighted by atomic mass is 32.1. The van der Waals surface area contributed by atoms with Crippen LogP contribution in [0.15, 0.2) is 62.3 Å². The summed E-state index contributed by atoms with van der Waals surface area (Å²) in [5.41, 5.74) is 6.82. The third-order valence-electron chi connectivity index (χ3n) is 6.15. The molecule has 0 aliphatic carbocycles. The summed E-state index contributed by atoms with van der Waals surface area (Å²) in [5, 5.41) is 17.9. The van der Waals surface area contributed by atoms with E-state index in [1.54, 1.807) is 25.2 Å². The molecule has 0 saturated heterocycles. The van der Waals surface area contributed by atoms with Gasteiger partial charge < -0.3 is 30.4 Å². The Bertz CT molecular complexity index is 1990. The number of carboxylic acid groups (broad SMARTS) is 1. The molecule has 0 spiro atoms. The summed E-state index contributed by atoms with van der Waals surface area (Å²) in [6.45, 7) is 0.0359. The van der Waals surface area contributed by atoms with E-state index in [4.69, 9.17) is 32.0 Å². The van der Waals surface area contributed by atoms with Gasteiger partial charge in [-0.3, -0.25) is 19.0 Å². The molecular formula is C25H19N7O8S. The number of fused-ring (bicyclic) bond motifs is 2. The molecule has 5 rings (SSSR count). The van der Waals surface area contributed by atoms with Gasteiger partial charge >= 0.3 is 16.6 Å². The monoisotopic (exact) mass is 577 g/mol. The molecule has 3 heterocycles. The number of carboxylic acids is 1. The van der Waals surface area contributed by atoms with Crippen molar-refractivity contribution in [2.75, 3.05) is 0 Å². The number of nitrogens with one attached hydrogen (secondary N) is 2. The van der Waals surface area contributed by atoms with Gasteiger partial charge in [0.15, 0.2) is 5.58 Å². The number of rotatable bonds is 8. The van der Waals surface area contributed by atoms with Crippen molar-refractivity contribution >= 4 is 52.8 Å². The van der Waals surface area contributed by atoms with E-state index in [-0.39, 0.29) is 39.7 Å². The summed E-state index contributed by atoms with van der Waals surface area (Å²) in [7, 11) is 1.55. The van der Waals surface area contributed by atoms with Crippen molar-refractivity contribution in [2.45, 2.75) is 12.6 Å². The molecule has 5 aromatic rings. The Kier molecular flexibility index (Phi) is 6.90. The Hall–Kier alpha value is -5.64. The van der Waals surface area contributed by atoms with E-state index in [9.17, 15) is 24.0 Å². The molecule has 0 bridgehead atoms. The number of hydrogen-bond acceptors (Lipinski definition) is 10. The number of benzene rings is 2. The third-order valence-corrected chi connectivity index (χ3v) is 6.40. The zero-order valence-corrected chi connectivity index (χ0v) is 21.8. The minimum atomic E-state index is -1.34. The van der Waals surface area contributed by atoms with E-state index in [0.717, 1.165) is 10.5 Å². The maximum Gasteiger partial charge on any atom is 0.419 e. The highest BCUT2D eigenvalue weighted by Gasteiger charge is 2.25. The first kappa shape index (κ1) is 26.9. The lowest BCUT2D eigenvalue weighted by Gasteiger charge is -2.16. The largest absolute Gasteiger partial charge is 0.478 e. The second-order valence-electron chi connectivity index (χ2n) is 8.76. The summed E-state index contributed by atoms with van der Waals surface area (Å²) in [5.74, 6) is -4.35. The van der Waals surface area contributed by atoms with Crippen LogP contribution < -0.4 is 22.1 Å². The van der Waals surface area contributed by atoms with Crippen LogP contribution in [0.25, 0.3) is 16.9 Å². The number of nitrogens with zero attached hydrogens (tertiary/aromatic N) is 4. The van der Waals surface area contributed by atoms with Gasteiger partial charge in [-0.05, 0) is 58.8 Å². The van der Waals surface area contributed by atoms with Gasteiger partial charge in [0.05, 0.1) is 11.1 Å². The topological polar surface area (TPSA) is 217 Å². The number of carbonyl (C=O) groups excluding carboxylic acids is 3. The highest BCUT2D eigenvalue weighted by molar-refractivity contribution is 7.71. The number of aromatic carboxylic acids is 1. The molecule has 15 nitrogen and oxygen atoms in total. The number of amides is 3. The lowest BCUT2D eigenvalue weighted by Crippen LogP contribution is -2.38. The molecule has 0 fully saturated rings. The number of aromatic nitrogens is 4. The van der Waals surface area contributed by atoms with Gasteiger partial charge in [0.1, 0.15) is 17.4 Å². The summed E-state index contributed by atoms with van der Waals surface area (Å²) in [6, 6.07) is 9.94. The second kappa shape index (κ2) is 10.5. The average molecular weight is 578 g/mol. The molecular weight excluding hydrogens is 558 g/mol. The summed E-state index contributed by atoms with van der Waals surface area (Å²) in [6.07, 6.45) is 0. The van der Waals surface area contributed by atoms with Crippen molar-refractivity contribution in [1.82, 2.24) is 29.7 Å². The average Bonchev–Trinajstić information content (AvgIpc) is 3.47. The van der Waals surface area contributed by atoms with E-state index >= 15 is 0 Å². The molecule has 1 atom stereocenters. The van der Waals surface area contributed by atoms with E-state index in [2.05, 4.69) is 20.8 Å². The van der Waals surface area contributed by atoms with Crippen LogP contribution in [-0.2, 0) is 18.4 Å². The Labute approximate surface area is 233 Å². The molecule has 3 amide bonds. The van der Waals surface area contributed by atoms with Crippen molar-refractivity contribution in [3.8, 4) is 0 Å². The van der Waals surface area contributed by atoms with Crippen LogP contribution in [-0.4, -0.2) is 47.9 Å². The Balaban J connectivity index is 1.41. The van der Waals surface area contributed by atoms with Gasteiger partial charge in [-0.15, -0.1) is 0 Å². The number of aryl methyl sites for hydroxylation is 1. The summed E-state index contributed by atoms with van der Waals surface area (Å²) < 4.78 is 12.5. The molecule has 0 aliphatic heterocycles. The predicted octanol–water partition coefficient (Wildman–Crippen LogP) is 1.08.